The van der Waals surface area contributed by atoms with Crippen LogP contribution in [0.5, 0.6) is 5.75 Å². The molecule has 0 unspecified atom stereocenters. The summed E-state index contributed by atoms with van der Waals surface area (Å²) < 4.78 is 9.94. The van der Waals surface area contributed by atoms with E-state index in [-0.39, 0.29) is 23.6 Å². The molecule has 6 nitrogen and oxygen atoms in total. The molecule has 0 aliphatic carbocycles. The lowest BCUT2D eigenvalue weighted by atomic mass is 10.0. The van der Waals surface area contributed by atoms with Gasteiger partial charge >= 0.3 is 5.97 Å². The number of hydrogen-bond acceptors (Lipinski definition) is 6. The normalized spacial score (nSPS) is 10.0. The van der Waals surface area contributed by atoms with Gasteiger partial charge in [0.05, 0.1) is 13.7 Å². The highest BCUT2D eigenvalue weighted by Crippen LogP contribution is 2.16. The van der Waals surface area contributed by atoms with Crippen molar-refractivity contribution in [2.75, 3.05) is 13.7 Å². The zero-order chi connectivity index (χ0) is 15.2. The van der Waals surface area contributed by atoms with Crippen LogP contribution in [0.2, 0.25) is 0 Å². The summed E-state index contributed by atoms with van der Waals surface area (Å²) in [6, 6.07) is 6.55. The third kappa shape index (κ3) is 3.22. The van der Waals surface area contributed by atoms with E-state index in [0.29, 0.717) is 11.3 Å². The minimum Gasteiger partial charge on any atom is -0.497 e. The van der Waals surface area contributed by atoms with E-state index in [1.165, 1.54) is 12.5 Å². The van der Waals surface area contributed by atoms with Crippen LogP contribution in [0.3, 0.4) is 0 Å². The highest BCUT2D eigenvalue weighted by Gasteiger charge is 2.21. The fourth-order valence-corrected chi connectivity index (χ4v) is 1.75. The van der Waals surface area contributed by atoms with Crippen molar-refractivity contribution < 1.29 is 19.1 Å². The van der Waals surface area contributed by atoms with Crippen LogP contribution >= 0.6 is 0 Å². The molecule has 2 rings (SSSR count). The predicted octanol–water partition coefficient (Wildman–Crippen LogP) is 1.89. The first-order valence-corrected chi connectivity index (χ1v) is 6.33. The van der Waals surface area contributed by atoms with Gasteiger partial charge in [-0.1, -0.05) is 0 Å². The lowest BCUT2D eigenvalue weighted by Gasteiger charge is -2.07. The molecular formula is C15H14N2O4. The van der Waals surface area contributed by atoms with Gasteiger partial charge in [-0.25, -0.2) is 14.8 Å². The molecule has 0 atom stereocenters. The number of aromatic nitrogens is 2. The first-order valence-electron chi connectivity index (χ1n) is 6.33. The number of benzene rings is 1. The van der Waals surface area contributed by atoms with Crippen LogP contribution in [0, 0.1) is 0 Å². The molecule has 0 aliphatic heterocycles. The Kier molecular flexibility index (Phi) is 4.61. The quantitative estimate of drug-likeness (QED) is 0.617. The fourth-order valence-electron chi connectivity index (χ4n) is 1.75. The summed E-state index contributed by atoms with van der Waals surface area (Å²) >= 11 is 0. The number of carbonyl (C=O) groups is 2. The van der Waals surface area contributed by atoms with Crippen LogP contribution < -0.4 is 4.74 Å². The molecule has 1 heterocycles. The summed E-state index contributed by atoms with van der Waals surface area (Å²) in [5, 5.41) is 0. The van der Waals surface area contributed by atoms with Gasteiger partial charge in [0.15, 0.2) is 0 Å². The van der Waals surface area contributed by atoms with E-state index in [1.807, 2.05) is 0 Å². The largest absolute Gasteiger partial charge is 0.497 e. The van der Waals surface area contributed by atoms with Crippen LogP contribution in [0.15, 0.2) is 36.8 Å². The van der Waals surface area contributed by atoms with E-state index >= 15 is 0 Å². The maximum atomic E-state index is 12.4. The number of ketones is 1. The van der Waals surface area contributed by atoms with E-state index in [0.717, 1.165) is 0 Å². The number of rotatable bonds is 5. The Hall–Kier alpha value is -2.76. The van der Waals surface area contributed by atoms with Gasteiger partial charge in [0.2, 0.25) is 5.78 Å². The van der Waals surface area contributed by atoms with Gasteiger partial charge in [-0.15, -0.1) is 0 Å². The van der Waals surface area contributed by atoms with Gasteiger partial charge in [-0.2, -0.15) is 0 Å². The maximum Gasteiger partial charge on any atom is 0.342 e. The zero-order valence-electron chi connectivity index (χ0n) is 11.7. The molecule has 0 fully saturated rings. The van der Waals surface area contributed by atoms with Gasteiger partial charge in [-0.3, -0.25) is 4.79 Å². The van der Waals surface area contributed by atoms with Gasteiger partial charge in [0.25, 0.3) is 0 Å². The summed E-state index contributed by atoms with van der Waals surface area (Å²) in [6.45, 7) is 1.90. The first kappa shape index (κ1) is 14.6. The van der Waals surface area contributed by atoms with Crippen LogP contribution in [0.1, 0.15) is 33.3 Å². The molecule has 0 saturated heterocycles. The van der Waals surface area contributed by atoms with Crippen molar-refractivity contribution in [3.63, 3.8) is 0 Å². The summed E-state index contributed by atoms with van der Waals surface area (Å²) in [4.78, 5) is 31.9. The molecule has 1 aromatic heterocycles. The topological polar surface area (TPSA) is 78.4 Å². The fraction of sp³-hybridized carbons (Fsp3) is 0.200. The van der Waals surface area contributed by atoms with E-state index in [2.05, 4.69) is 9.97 Å². The van der Waals surface area contributed by atoms with Crippen molar-refractivity contribution in [2.24, 2.45) is 0 Å². The highest BCUT2D eigenvalue weighted by atomic mass is 16.5. The van der Waals surface area contributed by atoms with Gasteiger partial charge in [0, 0.05) is 11.8 Å². The van der Waals surface area contributed by atoms with Crippen molar-refractivity contribution in [3.05, 3.63) is 53.6 Å². The molecule has 1 aromatic carbocycles. The molecule has 0 amide bonds. The molecule has 21 heavy (non-hydrogen) atoms. The molecule has 0 N–H and O–H groups in total. The zero-order valence-corrected chi connectivity index (χ0v) is 11.7. The summed E-state index contributed by atoms with van der Waals surface area (Å²) in [5.74, 6) is -0.349. The summed E-state index contributed by atoms with van der Waals surface area (Å²) in [7, 11) is 1.54. The van der Waals surface area contributed by atoms with Gasteiger partial charge in [-0.05, 0) is 31.2 Å². The number of methoxy groups -OCH3 is 1. The number of hydrogen-bond donors (Lipinski definition) is 0. The van der Waals surface area contributed by atoms with E-state index < -0.39 is 5.97 Å². The average molecular weight is 286 g/mol. The third-order valence-electron chi connectivity index (χ3n) is 2.77. The van der Waals surface area contributed by atoms with Gasteiger partial charge < -0.3 is 9.47 Å². The lowest BCUT2D eigenvalue weighted by molar-refractivity contribution is 0.0522. The lowest BCUT2D eigenvalue weighted by Crippen LogP contribution is -2.15. The Morgan fingerprint density at radius 3 is 2.52 bits per heavy atom. The molecule has 108 valence electrons. The molecule has 0 bridgehead atoms. The molecule has 0 aliphatic rings. The molecule has 0 spiro atoms. The first-order chi connectivity index (χ1) is 10.2. The Balaban J connectivity index is 2.36. The smallest absolute Gasteiger partial charge is 0.342 e. The van der Waals surface area contributed by atoms with Crippen molar-refractivity contribution in [1.82, 2.24) is 9.97 Å². The molecule has 2 aromatic rings. The molecular weight excluding hydrogens is 272 g/mol. The number of esters is 1. The SMILES string of the molecule is CCOC(=O)c1cncnc1C(=O)c1ccc(OC)cc1. The molecule has 0 saturated carbocycles. The van der Waals surface area contributed by atoms with Crippen molar-refractivity contribution >= 4 is 11.8 Å². The van der Waals surface area contributed by atoms with E-state index in [1.54, 1.807) is 38.3 Å². The Labute approximate surface area is 121 Å². The van der Waals surface area contributed by atoms with Crippen molar-refractivity contribution in [3.8, 4) is 5.75 Å². The Morgan fingerprint density at radius 2 is 1.90 bits per heavy atom. The van der Waals surface area contributed by atoms with E-state index in [9.17, 15) is 9.59 Å². The summed E-state index contributed by atoms with van der Waals surface area (Å²) in [5.41, 5.74) is 0.480. The van der Waals surface area contributed by atoms with E-state index in [4.69, 9.17) is 9.47 Å². The predicted molar refractivity (Wildman–Crippen MR) is 74.4 cm³/mol. The second-order valence-corrected chi connectivity index (χ2v) is 4.06. The second-order valence-electron chi connectivity index (χ2n) is 4.06. The number of carbonyl (C=O) groups excluding carboxylic acids is 2. The summed E-state index contributed by atoms with van der Waals surface area (Å²) in [6.07, 6.45) is 2.50. The van der Waals surface area contributed by atoms with Crippen LogP contribution in [0.4, 0.5) is 0 Å². The van der Waals surface area contributed by atoms with Crippen LogP contribution in [0.25, 0.3) is 0 Å². The number of nitrogens with zero attached hydrogens (tertiary/aromatic N) is 2. The van der Waals surface area contributed by atoms with Crippen molar-refractivity contribution in [2.45, 2.75) is 6.92 Å². The minimum absolute atomic E-state index is 0.0219. The molecule has 0 radical (unpaired) electrons. The third-order valence-corrected chi connectivity index (χ3v) is 2.77. The molecule has 6 heteroatoms. The average Bonchev–Trinajstić information content (AvgIpc) is 2.54. The van der Waals surface area contributed by atoms with Crippen LogP contribution in [-0.2, 0) is 4.74 Å². The Bertz CT molecular complexity index is 653. The number of ether oxygens (including phenoxy) is 2. The van der Waals surface area contributed by atoms with Crippen LogP contribution in [-0.4, -0.2) is 35.4 Å². The standard InChI is InChI=1S/C15H14N2O4/c1-3-21-15(19)12-8-16-9-17-13(12)14(18)10-4-6-11(20-2)7-5-10/h4-9H,3H2,1-2H3. The van der Waals surface area contributed by atoms with Gasteiger partial charge in [0.1, 0.15) is 23.3 Å². The maximum absolute atomic E-state index is 12.4. The minimum atomic E-state index is -0.616. The highest BCUT2D eigenvalue weighted by molar-refractivity contribution is 6.13. The monoisotopic (exact) mass is 286 g/mol. The Morgan fingerprint density at radius 1 is 1.19 bits per heavy atom. The second kappa shape index (κ2) is 6.60. The van der Waals surface area contributed by atoms with Crippen molar-refractivity contribution in [1.29, 1.82) is 0 Å².